The van der Waals surface area contributed by atoms with Gasteiger partial charge in [0.15, 0.2) is 6.61 Å². The quantitative estimate of drug-likeness (QED) is 0.563. The van der Waals surface area contributed by atoms with Crippen molar-refractivity contribution in [3.8, 4) is 5.75 Å². The maximum atomic E-state index is 12.2. The predicted molar refractivity (Wildman–Crippen MR) is 108 cm³/mol. The van der Waals surface area contributed by atoms with Gasteiger partial charge in [-0.3, -0.25) is 14.9 Å². The van der Waals surface area contributed by atoms with Crippen LogP contribution in [0.25, 0.3) is 0 Å². The molecule has 2 aromatic rings. The first-order valence-electron chi connectivity index (χ1n) is 9.32. The summed E-state index contributed by atoms with van der Waals surface area (Å²) in [6, 6.07) is 12.3. The molecule has 1 heterocycles. The van der Waals surface area contributed by atoms with Crippen molar-refractivity contribution in [2.45, 2.75) is 13.3 Å². The van der Waals surface area contributed by atoms with Crippen LogP contribution >= 0.6 is 0 Å². The third kappa shape index (κ3) is 4.98. The van der Waals surface area contributed by atoms with Gasteiger partial charge in [-0.2, -0.15) is 0 Å². The first kappa shape index (κ1) is 19.6. The number of piperazine rings is 1. The lowest BCUT2D eigenvalue weighted by Crippen LogP contribution is -2.43. The molecule has 2 N–H and O–H groups in total. The van der Waals surface area contributed by atoms with Crippen molar-refractivity contribution in [1.82, 2.24) is 5.32 Å². The van der Waals surface area contributed by atoms with Crippen LogP contribution in [0, 0.1) is 10.1 Å². The highest BCUT2D eigenvalue weighted by Gasteiger charge is 2.22. The van der Waals surface area contributed by atoms with E-state index >= 15 is 0 Å². The van der Waals surface area contributed by atoms with Gasteiger partial charge in [-0.15, -0.1) is 0 Å². The zero-order chi connectivity index (χ0) is 19.9. The maximum absolute atomic E-state index is 12.2. The fraction of sp³-hybridized carbons (Fsp3) is 0.350. The van der Waals surface area contributed by atoms with Gasteiger partial charge in [-0.25, -0.2) is 0 Å². The standard InChI is InChI=1S/C20H24N4O4/c1-2-15-3-6-17(7-4-15)28-14-20(25)22-16-5-8-18(19(13-16)24(26)27)23-11-9-21-10-12-23/h3-8,13,21H,2,9-12,14H2,1H3,(H,22,25). The topological polar surface area (TPSA) is 96.7 Å². The largest absolute Gasteiger partial charge is 0.484 e. The molecule has 1 amide bonds. The molecule has 1 fully saturated rings. The smallest absolute Gasteiger partial charge is 0.294 e. The van der Waals surface area contributed by atoms with Gasteiger partial charge in [0.2, 0.25) is 0 Å². The highest BCUT2D eigenvalue weighted by Crippen LogP contribution is 2.31. The van der Waals surface area contributed by atoms with Crippen LogP contribution in [0.5, 0.6) is 5.75 Å². The predicted octanol–water partition coefficient (Wildman–Crippen LogP) is 2.58. The Balaban J connectivity index is 1.63. The van der Waals surface area contributed by atoms with Crippen molar-refractivity contribution in [1.29, 1.82) is 0 Å². The number of nitrogens with zero attached hydrogens (tertiary/aromatic N) is 2. The minimum Gasteiger partial charge on any atom is -0.484 e. The normalized spacial score (nSPS) is 13.8. The van der Waals surface area contributed by atoms with Gasteiger partial charge >= 0.3 is 0 Å². The third-order valence-electron chi connectivity index (χ3n) is 4.62. The van der Waals surface area contributed by atoms with Gasteiger partial charge in [0, 0.05) is 37.9 Å². The van der Waals surface area contributed by atoms with E-state index in [1.807, 2.05) is 29.2 Å². The number of amides is 1. The molecular formula is C20H24N4O4. The summed E-state index contributed by atoms with van der Waals surface area (Å²) in [5.41, 5.74) is 2.11. The monoisotopic (exact) mass is 384 g/mol. The molecule has 8 heteroatoms. The van der Waals surface area contributed by atoms with E-state index in [4.69, 9.17) is 4.74 Å². The van der Waals surface area contributed by atoms with Crippen LogP contribution < -0.4 is 20.3 Å². The van der Waals surface area contributed by atoms with Crippen molar-refractivity contribution in [3.63, 3.8) is 0 Å². The highest BCUT2D eigenvalue weighted by molar-refractivity contribution is 5.92. The number of carbonyl (C=O) groups excluding carboxylic acids is 1. The molecule has 0 aliphatic carbocycles. The van der Waals surface area contributed by atoms with E-state index < -0.39 is 4.92 Å². The lowest BCUT2D eigenvalue weighted by Gasteiger charge is -2.29. The van der Waals surface area contributed by atoms with Crippen LogP contribution in [0.2, 0.25) is 0 Å². The Bertz CT molecular complexity index is 833. The van der Waals surface area contributed by atoms with Crippen LogP contribution in [0.15, 0.2) is 42.5 Å². The number of hydrogen-bond donors (Lipinski definition) is 2. The molecule has 2 aromatic carbocycles. The number of nitro benzene ring substituents is 1. The summed E-state index contributed by atoms with van der Waals surface area (Å²) in [6.45, 7) is 4.88. The summed E-state index contributed by atoms with van der Waals surface area (Å²) in [7, 11) is 0. The molecule has 0 radical (unpaired) electrons. The molecule has 28 heavy (non-hydrogen) atoms. The van der Waals surface area contributed by atoms with E-state index in [0.29, 0.717) is 30.2 Å². The van der Waals surface area contributed by atoms with E-state index in [0.717, 1.165) is 19.5 Å². The zero-order valence-electron chi connectivity index (χ0n) is 15.8. The van der Waals surface area contributed by atoms with Crippen LogP contribution in [-0.2, 0) is 11.2 Å². The second kappa shape index (κ2) is 9.18. The Morgan fingerprint density at radius 2 is 1.93 bits per heavy atom. The SMILES string of the molecule is CCc1ccc(OCC(=O)Nc2ccc(N3CCNCC3)c([N+](=O)[O-])c2)cc1. The summed E-state index contributed by atoms with van der Waals surface area (Å²) < 4.78 is 5.47. The first-order valence-corrected chi connectivity index (χ1v) is 9.32. The third-order valence-corrected chi connectivity index (χ3v) is 4.62. The molecule has 148 valence electrons. The molecule has 1 aliphatic rings. The van der Waals surface area contributed by atoms with Crippen LogP contribution in [0.1, 0.15) is 12.5 Å². The van der Waals surface area contributed by atoms with Crippen molar-refractivity contribution in [3.05, 3.63) is 58.1 Å². The fourth-order valence-electron chi connectivity index (χ4n) is 3.09. The van der Waals surface area contributed by atoms with Crippen LogP contribution in [-0.4, -0.2) is 43.6 Å². The second-order valence-corrected chi connectivity index (χ2v) is 6.53. The van der Waals surface area contributed by atoms with Gasteiger partial charge in [0.25, 0.3) is 11.6 Å². The van der Waals surface area contributed by atoms with Gasteiger partial charge < -0.3 is 20.3 Å². The van der Waals surface area contributed by atoms with E-state index in [1.165, 1.54) is 11.6 Å². The van der Waals surface area contributed by atoms with E-state index in [1.54, 1.807) is 12.1 Å². The highest BCUT2D eigenvalue weighted by atomic mass is 16.6. The second-order valence-electron chi connectivity index (χ2n) is 6.53. The molecule has 3 rings (SSSR count). The fourth-order valence-corrected chi connectivity index (χ4v) is 3.09. The number of carbonyl (C=O) groups is 1. The lowest BCUT2D eigenvalue weighted by molar-refractivity contribution is -0.384. The number of anilines is 2. The minimum atomic E-state index is -0.418. The van der Waals surface area contributed by atoms with Gasteiger partial charge in [-0.05, 0) is 36.2 Å². The number of nitrogens with one attached hydrogen (secondary N) is 2. The number of aryl methyl sites for hydroxylation is 1. The Morgan fingerprint density at radius 3 is 2.57 bits per heavy atom. The number of hydrogen-bond acceptors (Lipinski definition) is 6. The molecule has 0 bridgehead atoms. The Hall–Kier alpha value is -3.13. The molecule has 0 unspecified atom stereocenters. The molecular weight excluding hydrogens is 360 g/mol. The summed E-state index contributed by atoms with van der Waals surface area (Å²) in [6.07, 6.45) is 0.934. The Morgan fingerprint density at radius 1 is 1.21 bits per heavy atom. The Kier molecular flexibility index (Phi) is 6.44. The molecule has 8 nitrogen and oxygen atoms in total. The summed E-state index contributed by atoms with van der Waals surface area (Å²) >= 11 is 0. The number of rotatable bonds is 7. The average molecular weight is 384 g/mol. The summed E-state index contributed by atoms with van der Waals surface area (Å²) in [5.74, 6) is 0.233. The number of ether oxygens (including phenoxy) is 1. The van der Waals surface area contributed by atoms with Crippen molar-refractivity contribution in [2.75, 3.05) is 43.0 Å². The molecule has 0 saturated carbocycles. The van der Waals surface area contributed by atoms with Crippen molar-refractivity contribution >= 4 is 23.0 Å². The van der Waals surface area contributed by atoms with Gasteiger partial charge in [0.1, 0.15) is 11.4 Å². The van der Waals surface area contributed by atoms with Crippen LogP contribution in [0.4, 0.5) is 17.1 Å². The van der Waals surface area contributed by atoms with Gasteiger partial charge in [-0.1, -0.05) is 19.1 Å². The zero-order valence-corrected chi connectivity index (χ0v) is 15.8. The molecule has 0 atom stereocenters. The minimum absolute atomic E-state index is 0.0178. The molecule has 0 aromatic heterocycles. The number of benzene rings is 2. The first-order chi connectivity index (χ1) is 13.6. The van der Waals surface area contributed by atoms with E-state index in [9.17, 15) is 14.9 Å². The summed E-state index contributed by atoms with van der Waals surface area (Å²) in [4.78, 5) is 25.2. The maximum Gasteiger partial charge on any atom is 0.294 e. The van der Waals surface area contributed by atoms with Crippen molar-refractivity contribution in [2.24, 2.45) is 0 Å². The van der Waals surface area contributed by atoms with Gasteiger partial charge in [0.05, 0.1) is 4.92 Å². The lowest BCUT2D eigenvalue weighted by atomic mass is 10.2. The average Bonchev–Trinajstić information content (AvgIpc) is 2.73. The molecule has 0 spiro atoms. The van der Waals surface area contributed by atoms with Crippen LogP contribution in [0.3, 0.4) is 0 Å². The molecule has 1 aliphatic heterocycles. The summed E-state index contributed by atoms with van der Waals surface area (Å²) in [5, 5.41) is 17.4. The van der Waals surface area contributed by atoms with E-state index in [-0.39, 0.29) is 18.2 Å². The molecule has 1 saturated heterocycles. The Labute approximate surface area is 163 Å². The van der Waals surface area contributed by atoms with Crippen molar-refractivity contribution < 1.29 is 14.5 Å². The van der Waals surface area contributed by atoms with E-state index in [2.05, 4.69) is 17.6 Å². The number of nitro groups is 1.